The second-order valence-corrected chi connectivity index (χ2v) is 3.41. The molecule has 1 aliphatic rings. The third-order valence-electron chi connectivity index (χ3n) is 2.34. The molecule has 6 heteroatoms. The summed E-state index contributed by atoms with van der Waals surface area (Å²) in [6, 6.07) is 6.93. The number of amides is 3. The Morgan fingerprint density at radius 3 is 2.94 bits per heavy atom. The third-order valence-corrected chi connectivity index (χ3v) is 2.34. The zero-order valence-electron chi connectivity index (χ0n) is 8.43. The molecule has 0 atom stereocenters. The van der Waals surface area contributed by atoms with Crippen LogP contribution < -0.4 is 10.7 Å². The summed E-state index contributed by atoms with van der Waals surface area (Å²) in [6.45, 7) is 0.315. The fourth-order valence-electron chi connectivity index (χ4n) is 1.60. The number of carbonyl (C=O) groups excluding carboxylic acids is 1. The topological polar surface area (TPSA) is 81.7 Å². The van der Waals surface area contributed by atoms with Crippen molar-refractivity contribution in [2.24, 2.45) is 0 Å². The van der Waals surface area contributed by atoms with Crippen molar-refractivity contribution in [3.05, 3.63) is 29.8 Å². The van der Waals surface area contributed by atoms with Gasteiger partial charge in [-0.25, -0.2) is 20.0 Å². The molecule has 0 bridgehead atoms. The maximum absolute atomic E-state index is 11.6. The van der Waals surface area contributed by atoms with Crippen LogP contribution in [0.25, 0.3) is 0 Å². The highest BCUT2D eigenvalue weighted by molar-refractivity contribution is 5.91. The van der Waals surface area contributed by atoms with E-state index >= 15 is 0 Å². The lowest BCUT2D eigenvalue weighted by Gasteiger charge is -2.18. The molecule has 1 aromatic carbocycles. The second-order valence-electron chi connectivity index (χ2n) is 3.41. The number of carboxylic acid groups (broad SMARTS) is 1. The molecule has 3 N–H and O–H groups in total. The van der Waals surface area contributed by atoms with Crippen molar-refractivity contribution in [1.29, 1.82) is 0 Å². The van der Waals surface area contributed by atoms with Gasteiger partial charge in [0.25, 0.3) is 0 Å². The van der Waals surface area contributed by atoms with E-state index in [-0.39, 0.29) is 0 Å². The van der Waals surface area contributed by atoms with Crippen molar-refractivity contribution >= 4 is 17.8 Å². The van der Waals surface area contributed by atoms with E-state index in [0.717, 1.165) is 16.3 Å². The normalized spacial score (nSPS) is 14.8. The predicted octanol–water partition coefficient (Wildman–Crippen LogP) is 1.26. The number of hydrogen-bond donors (Lipinski definition) is 3. The number of carbonyl (C=O) groups is 2. The molecule has 2 rings (SSSR count). The van der Waals surface area contributed by atoms with E-state index in [2.05, 4.69) is 5.32 Å². The number of urea groups is 1. The summed E-state index contributed by atoms with van der Waals surface area (Å²) in [5.74, 6) is 0. The fourth-order valence-corrected chi connectivity index (χ4v) is 1.60. The summed E-state index contributed by atoms with van der Waals surface area (Å²) < 4.78 is 0. The maximum Gasteiger partial charge on any atom is 0.423 e. The highest BCUT2D eigenvalue weighted by atomic mass is 16.4. The first-order chi connectivity index (χ1) is 7.66. The van der Waals surface area contributed by atoms with Crippen LogP contribution in [0.5, 0.6) is 0 Å². The predicted molar refractivity (Wildman–Crippen MR) is 57.0 cm³/mol. The first-order valence-corrected chi connectivity index (χ1v) is 4.83. The summed E-state index contributed by atoms with van der Waals surface area (Å²) in [5.41, 5.74) is 3.76. The summed E-state index contributed by atoms with van der Waals surface area (Å²) in [5, 5.41) is 12.2. The van der Waals surface area contributed by atoms with E-state index in [1.54, 1.807) is 6.07 Å². The van der Waals surface area contributed by atoms with Crippen molar-refractivity contribution in [3.8, 4) is 0 Å². The molecule has 0 saturated heterocycles. The lowest BCUT2D eigenvalue weighted by molar-refractivity contribution is 0.149. The van der Waals surface area contributed by atoms with E-state index in [9.17, 15) is 9.59 Å². The van der Waals surface area contributed by atoms with Crippen molar-refractivity contribution in [3.63, 3.8) is 0 Å². The lowest BCUT2D eigenvalue weighted by Crippen LogP contribution is -2.47. The number of nitrogens with zero attached hydrogens (tertiary/aromatic N) is 1. The minimum Gasteiger partial charge on any atom is -0.464 e. The van der Waals surface area contributed by atoms with E-state index in [1.165, 1.54) is 0 Å². The molecule has 0 saturated carbocycles. The van der Waals surface area contributed by atoms with Crippen LogP contribution in [0.2, 0.25) is 0 Å². The van der Waals surface area contributed by atoms with Gasteiger partial charge in [-0.05, 0) is 18.1 Å². The Morgan fingerprint density at radius 1 is 1.44 bits per heavy atom. The van der Waals surface area contributed by atoms with Crippen LogP contribution in [0.1, 0.15) is 5.56 Å². The Bertz CT molecular complexity index is 433. The largest absolute Gasteiger partial charge is 0.464 e. The summed E-state index contributed by atoms with van der Waals surface area (Å²) in [4.78, 5) is 22.1. The highest BCUT2D eigenvalue weighted by Crippen LogP contribution is 2.18. The number of para-hydroxylation sites is 1. The number of hydrazine groups is 1. The van der Waals surface area contributed by atoms with Gasteiger partial charge in [-0.15, -0.1) is 0 Å². The molecule has 0 aliphatic carbocycles. The van der Waals surface area contributed by atoms with E-state index in [0.29, 0.717) is 13.0 Å². The molecule has 1 aromatic rings. The Balaban J connectivity index is 2.18. The summed E-state index contributed by atoms with van der Waals surface area (Å²) in [7, 11) is 0. The minimum absolute atomic E-state index is 0.315. The molecule has 1 heterocycles. The summed E-state index contributed by atoms with van der Waals surface area (Å²) >= 11 is 0. The van der Waals surface area contributed by atoms with Gasteiger partial charge >= 0.3 is 12.1 Å². The molecule has 0 radical (unpaired) electrons. The molecule has 0 spiro atoms. The molecule has 6 nitrogen and oxygen atoms in total. The fraction of sp³-hybridized carbons (Fsp3) is 0.200. The van der Waals surface area contributed by atoms with Crippen LogP contribution >= 0.6 is 0 Å². The number of nitrogens with one attached hydrogen (secondary N) is 2. The average molecular weight is 221 g/mol. The van der Waals surface area contributed by atoms with Crippen molar-refractivity contribution < 1.29 is 14.7 Å². The quantitative estimate of drug-likeness (QED) is 0.667. The minimum atomic E-state index is -1.25. The van der Waals surface area contributed by atoms with E-state index in [1.807, 2.05) is 23.6 Å². The zero-order chi connectivity index (χ0) is 11.5. The van der Waals surface area contributed by atoms with Gasteiger partial charge in [0.15, 0.2) is 0 Å². The van der Waals surface area contributed by atoms with Gasteiger partial charge in [0.1, 0.15) is 0 Å². The van der Waals surface area contributed by atoms with Crippen molar-refractivity contribution in [2.45, 2.75) is 6.42 Å². The van der Waals surface area contributed by atoms with Crippen LogP contribution in [0.4, 0.5) is 15.3 Å². The first kappa shape index (κ1) is 10.3. The number of hydrogen-bond acceptors (Lipinski definition) is 2. The van der Waals surface area contributed by atoms with Gasteiger partial charge < -0.3 is 10.4 Å². The molecule has 84 valence electrons. The maximum atomic E-state index is 11.6. The molecular weight excluding hydrogens is 210 g/mol. The average Bonchev–Trinajstić information content (AvgIpc) is 2.39. The Kier molecular flexibility index (Phi) is 2.63. The lowest BCUT2D eigenvalue weighted by atomic mass is 10.1. The van der Waals surface area contributed by atoms with Crippen LogP contribution in [-0.2, 0) is 6.42 Å². The van der Waals surface area contributed by atoms with Gasteiger partial charge in [0.05, 0.1) is 0 Å². The molecule has 3 amide bonds. The van der Waals surface area contributed by atoms with Crippen LogP contribution in [-0.4, -0.2) is 28.8 Å². The number of anilines is 1. The van der Waals surface area contributed by atoms with Gasteiger partial charge in [-0.1, -0.05) is 18.2 Å². The van der Waals surface area contributed by atoms with Crippen molar-refractivity contribution in [1.82, 2.24) is 10.4 Å². The van der Waals surface area contributed by atoms with Crippen LogP contribution in [0, 0.1) is 0 Å². The van der Waals surface area contributed by atoms with Crippen LogP contribution in [0.15, 0.2) is 24.3 Å². The van der Waals surface area contributed by atoms with E-state index in [4.69, 9.17) is 5.11 Å². The van der Waals surface area contributed by atoms with Gasteiger partial charge in [0, 0.05) is 12.2 Å². The van der Waals surface area contributed by atoms with Gasteiger partial charge in [0.2, 0.25) is 0 Å². The molecule has 0 fully saturated rings. The summed E-state index contributed by atoms with van der Waals surface area (Å²) in [6.07, 6.45) is -0.643. The highest BCUT2D eigenvalue weighted by Gasteiger charge is 2.20. The number of rotatable bonds is 1. The standard InChI is InChI=1S/C10H11N3O3/c14-9-11-8-4-2-1-3-7(8)5-6-13(9)12-10(15)16/h1-4,12H,5-6H2,(H,11,14)(H,15,16). The Labute approximate surface area is 91.8 Å². The molecular formula is C10H11N3O3. The number of fused-ring (bicyclic) bond motifs is 1. The van der Waals surface area contributed by atoms with E-state index < -0.39 is 12.1 Å². The zero-order valence-corrected chi connectivity index (χ0v) is 8.43. The molecule has 16 heavy (non-hydrogen) atoms. The third kappa shape index (κ3) is 2.05. The van der Waals surface area contributed by atoms with Crippen LogP contribution in [0.3, 0.4) is 0 Å². The molecule has 1 aliphatic heterocycles. The number of benzene rings is 1. The van der Waals surface area contributed by atoms with Gasteiger partial charge in [-0.3, -0.25) is 0 Å². The smallest absolute Gasteiger partial charge is 0.423 e. The Hall–Kier alpha value is -2.24. The second kappa shape index (κ2) is 4.09. The monoisotopic (exact) mass is 221 g/mol. The Morgan fingerprint density at radius 2 is 2.19 bits per heavy atom. The van der Waals surface area contributed by atoms with Crippen molar-refractivity contribution in [2.75, 3.05) is 11.9 Å². The SMILES string of the molecule is O=C(O)NN1CCc2ccccc2NC1=O. The first-order valence-electron chi connectivity index (χ1n) is 4.83. The molecule has 0 unspecified atom stereocenters. The van der Waals surface area contributed by atoms with Gasteiger partial charge in [-0.2, -0.15) is 0 Å². The molecule has 0 aromatic heterocycles.